The zero-order chi connectivity index (χ0) is 20.1. The molecule has 1 aliphatic heterocycles. The van der Waals surface area contributed by atoms with Gasteiger partial charge in [-0.25, -0.2) is 9.97 Å². The lowest BCUT2D eigenvalue weighted by atomic mass is 10.1. The molecule has 0 spiro atoms. The number of hydrogen-bond donors (Lipinski definition) is 1. The second kappa shape index (κ2) is 8.55. The number of nitrogens with one attached hydrogen (secondary N) is 1. The van der Waals surface area contributed by atoms with Crippen molar-refractivity contribution in [3.63, 3.8) is 0 Å². The van der Waals surface area contributed by atoms with Gasteiger partial charge in [-0.2, -0.15) is 0 Å². The number of nitrogens with zero attached hydrogens (tertiary/aromatic N) is 5. The second-order valence-corrected chi connectivity index (χ2v) is 6.72. The lowest BCUT2D eigenvalue weighted by Crippen LogP contribution is -2.40. The lowest BCUT2D eigenvalue weighted by Gasteiger charge is -2.20. The number of amides is 2. The van der Waals surface area contributed by atoms with Crippen molar-refractivity contribution in [2.45, 2.75) is 19.4 Å². The number of carbonyl (C=O) groups excluding carboxylic acids is 2. The van der Waals surface area contributed by atoms with Crippen molar-refractivity contribution in [3.05, 3.63) is 72.1 Å². The first kappa shape index (κ1) is 18.7. The Morgan fingerprint density at radius 1 is 1.10 bits per heavy atom. The summed E-state index contributed by atoms with van der Waals surface area (Å²) in [5, 5.41) is 2.81. The van der Waals surface area contributed by atoms with Crippen molar-refractivity contribution >= 4 is 11.8 Å². The van der Waals surface area contributed by atoms with Crippen LogP contribution in [0.25, 0.3) is 11.4 Å². The molecule has 3 aromatic rings. The number of carbonyl (C=O) groups is 2. The molecule has 0 aromatic carbocycles. The molecule has 0 fully saturated rings. The molecule has 1 aliphatic rings. The van der Waals surface area contributed by atoms with Crippen LogP contribution in [0.4, 0.5) is 0 Å². The van der Waals surface area contributed by atoms with Gasteiger partial charge in [0.1, 0.15) is 0 Å². The Balaban J connectivity index is 1.45. The zero-order valence-corrected chi connectivity index (χ0v) is 15.8. The number of pyridine rings is 2. The van der Waals surface area contributed by atoms with Gasteiger partial charge in [-0.1, -0.05) is 6.07 Å². The molecule has 0 atom stereocenters. The highest BCUT2D eigenvalue weighted by molar-refractivity contribution is 5.97. The van der Waals surface area contributed by atoms with Gasteiger partial charge in [0.25, 0.3) is 5.91 Å². The number of fused-ring (bicyclic) bond motifs is 1. The van der Waals surface area contributed by atoms with Crippen LogP contribution in [0.2, 0.25) is 0 Å². The Labute approximate surface area is 168 Å². The van der Waals surface area contributed by atoms with E-state index >= 15 is 0 Å². The molecule has 0 radical (unpaired) electrons. The second-order valence-electron chi connectivity index (χ2n) is 6.72. The number of hydrogen-bond acceptors (Lipinski definition) is 6. The van der Waals surface area contributed by atoms with E-state index in [9.17, 15) is 9.59 Å². The fourth-order valence-electron chi connectivity index (χ4n) is 3.21. The third-order valence-corrected chi connectivity index (χ3v) is 4.69. The SMILES string of the molecule is O=C(CN1CCCc2nc(-c3ccncc3)ncc2C1=O)NCc1ccccn1. The molecular weight excluding hydrogens is 368 g/mol. The highest BCUT2D eigenvalue weighted by atomic mass is 16.2. The molecule has 0 saturated carbocycles. The van der Waals surface area contributed by atoms with Crippen molar-refractivity contribution in [2.75, 3.05) is 13.1 Å². The predicted octanol–water partition coefficient (Wildman–Crippen LogP) is 1.64. The van der Waals surface area contributed by atoms with Gasteiger partial charge >= 0.3 is 0 Å². The van der Waals surface area contributed by atoms with E-state index in [0.29, 0.717) is 36.6 Å². The van der Waals surface area contributed by atoms with Gasteiger partial charge in [-0.15, -0.1) is 0 Å². The highest BCUT2D eigenvalue weighted by Gasteiger charge is 2.26. The van der Waals surface area contributed by atoms with Crippen LogP contribution in [-0.4, -0.2) is 49.7 Å². The van der Waals surface area contributed by atoms with Crippen molar-refractivity contribution in [1.29, 1.82) is 0 Å². The molecule has 0 aliphatic carbocycles. The maximum atomic E-state index is 12.9. The zero-order valence-electron chi connectivity index (χ0n) is 15.8. The van der Waals surface area contributed by atoms with Crippen LogP contribution in [0.3, 0.4) is 0 Å². The largest absolute Gasteiger partial charge is 0.349 e. The molecule has 4 heterocycles. The summed E-state index contributed by atoms with van der Waals surface area (Å²) in [6, 6.07) is 9.19. The van der Waals surface area contributed by atoms with Crippen molar-refractivity contribution in [1.82, 2.24) is 30.2 Å². The van der Waals surface area contributed by atoms with E-state index in [1.165, 1.54) is 0 Å². The molecule has 146 valence electrons. The molecule has 0 bridgehead atoms. The predicted molar refractivity (Wildman–Crippen MR) is 106 cm³/mol. The van der Waals surface area contributed by atoms with E-state index in [-0.39, 0.29) is 18.4 Å². The summed E-state index contributed by atoms with van der Waals surface area (Å²) in [5.41, 5.74) is 2.79. The van der Waals surface area contributed by atoms with Crippen molar-refractivity contribution < 1.29 is 9.59 Å². The van der Waals surface area contributed by atoms with E-state index in [0.717, 1.165) is 17.7 Å². The van der Waals surface area contributed by atoms with Gasteiger partial charge < -0.3 is 10.2 Å². The third-order valence-electron chi connectivity index (χ3n) is 4.69. The fraction of sp³-hybridized carbons (Fsp3) is 0.238. The van der Waals surface area contributed by atoms with E-state index in [4.69, 9.17) is 0 Å². The summed E-state index contributed by atoms with van der Waals surface area (Å²) in [7, 11) is 0. The Kier molecular flexibility index (Phi) is 5.51. The van der Waals surface area contributed by atoms with Crippen molar-refractivity contribution in [2.24, 2.45) is 0 Å². The molecular formula is C21H20N6O2. The summed E-state index contributed by atoms with van der Waals surface area (Å²) in [5.74, 6) is 0.133. The van der Waals surface area contributed by atoms with Gasteiger partial charge in [-0.05, 0) is 37.1 Å². The number of rotatable bonds is 5. The van der Waals surface area contributed by atoms with Gasteiger partial charge in [0.05, 0.1) is 30.0 Å². The summed E-state index contributed by atoms with van der Waals surface area (Å²) in [6.45, 7) is 0.824. The molecule has 2 amide bonds. The Hall–Kier alpha value is -3.68. The minimum atomic E-state index is -0.221. The molecule has 1 N–H and O–H groups in total. The van der Waals surface area contributed by atoms with Crippen LogP contribution in [-0.2, 0) is 17.8 Å². The van der Waals surface area contributed by atoms with Gasteiger partial charge in [0.2, 0.25) is 5.91 Å². The first-order chi connectivity index (χ1) is 14.2. The first-order valence-corrected chi connectivity index (χ1v) is 9.43. The van der Waals surface area contributed by atoms with Crippen LogP contribution in [0.15, 0.2) is 55.1 Å². The van der Waals surface area contributed by atoms with Gasteiger partial charge in [0, 0.05) is 36.9 Å². The average molecular weight is 388 g/mol. The highest BCUT2D eigenvalue weighted by Crippen LogP contribution is 2.20. The van der Waals surface area contributed by atoms with E-state index in [1.807, 2.05) is 30.3 Å². The fourth-order valence-corrected chi connectivity index (χ4v) is 3.21. The summed E-state index contributed by atoms with van der Waals surface area (Å²) >= 11 is 0. The van der Waals surface area contributed by atoms with Crippen LogP contribution < -0.4 is 5.32 Å². The molecule has 8 nitrogen and oxygen atoms in total. The van der Waals surface area contributed by atoms with Crippen LogP contribution in [0.5, 0.6) is 0 Å². The standard InChI is InChI=1S/C21H20N6O2/c28-19(24-12-16-4-1-2-8-23-16)14-27-11-3-5-18-17(21(27)29)13-25-20(26-18)15-6-9-22-10-7-15/h1-2,4,6-10,13H,3,5,11-12,14H2,(H,24,28). The van der Waals surface area contributed by atoms with E-state index < -0.39 is 0 Å². The van der Waals surface area contributed by atoms with Crippen molar-refractivity contribution in [3.8, 4) is 11.4 Å². The molecule has 4 rings (SSSR count). The number of aromatic nitrogens is 4. The normalized spacial score (nSPS) is 13.5. The maximum Gasteiger partial charge on any atom is 0.257 e. The maximum absolute atomic E-state index is 12.9. The van der Waals surface area contributed by atoms with Crippen LogP contribution >= 0.6 is 0 Å². The minimum absolute atomic E-state index is 0.00276. The Morgan fingerprint density at radius 3 is 2.76 bits per heavy atom. The lowest BCUT2D eigenvalue weighted by molar-refractivity contribution is -0.122. The molecule has 29 heavy (non-hydrogen) atoms. The summed E-state index contributed by atoms with van der Waals surface area (Å²) < 4.78 is 0. The van der Waals surface area contributed by atoms with Gasteiger partial charge in [0.15, 0.2) is 5.82 Å². The molecule has 0 unspecified atom stereocenters. The molecule has 8 heteroatoms. The first-order valence-electron chi connectivity index (χ1n) is 9.43. The smallest absolute Gasteiger partial charge is 0.257 e. The molecule has 0 saturated heterocycles. The monoisotopic (exact) mass is 388 g/mol. The van der Waals surface area contributed by atoms with Crippen LogP contribution in [0, 0.1) is 0 Å². The third kappa shape index (κ3) is 4.43. The van der Waals surface area contributed by atoms with E-state index in [2.05, 4.69) is 25.3 Å². The van der Waals surface area contributed by atoms with E-state index in [1.54, 1.807) is 29.7 Å². The minimum Gasteiger partial charge on any atom is -0.349 e. The topological polar surface area (TPSA) is 101 Å². The van der Waals surface area contributed by atoms with Crippen LogP contribution in [0.1, 0.15) is 28.2 Å². The molecule has 3 aromatic heterocycles. The summed E-state index contributed by atoms with van der Waals surface area (Å²) in [6.07, 6.45) is 8.00. The van der Waals surface area contributed by atoms with Gasteiger partial charge in [-0.3, -0.25) is 19.6 Å². The average Bonchev–Trinajstić information content (AvgIpc) is 2.92. The summed E-state index contributed by atoms with van der Waals surface area (Å²) in [4.78, 5) is 43.9. The Bertz CT molecular complexity index is 1010. The Morgan fingerprint density at radius 2 is 1.97 bits per heavy atom. The quantitative estimate of drug-likeness (QED) is 0.713. The number of aryl methyl sites for hydroxylation is 1.